The predicted molar refractivity (Wildman–Crippen MR) is 64.5 cm³/mol. The normalized spacial score (nSPS) is 10.8. The third-order valence-electron chi connectivity index (χ3n) is 2.69. The second-order valence-corrected chi connectivity index (χ2v) is 3.81. The van der Waals surface area contributed by atoms with Gasteiger partial charge in [0, 0.05) is 22.7 Å². The molecule has 1 aromatic carbocycles. The van der Waals surface area contributed by atoms with E-state index in [0.29, 0.717) is 5.76 Å². The van der Waals surface area contributed by atoms with E-state index in [1.54, 1.807) is 12.1 Å². The summed E-state index contributed by atoms with van der Waals surface area (Å²) in [6.45, 7) is 0. The second kappa shape index (κ2) is 3.52. The molecule has 84 valence electrons. The van der Waals surface area contributed by atoms with Crippen LogP contribution in [0.4, 0.5) is 0 Å². The summed E-state index contributed by atoms with van der Waals surface area (Å²) in [5.74, 6) is 0.259. The Kier molecular flexibility index (Phi) is 2.01. The van der Waals surface area contributed by atoms with Crippen LogP contribution in [-0.2, 0) is 0 Å². The largest absolute Gasteiger partial charge is 0.451 e. The van der Waals surface area contributed by atoms with Crippen molar-refractivity contribution in [3.05, 3.63) is 48.4 Å². The number of primary amides is 1. The SMILES string of the molecule is NC(=O)c1ccc(-c2ccc3[nH]ccc3c2)o1. The summed E-state index contributed by atoms with van der Waals surface area (Å²) in [5.41, 5.74) is 7.13. The lowest BCUT2D eigenvalue weighted by Gasteiger charge is -1.97. The molecule has 0 aliphatic carbocycles. The summed E-state index contributed by atoms with van der Waals surface area (Å²) in [4.78, 5) is 14.1. The molecule has 0 saturated heterocycles. The average molecular weight is 226 g/mol. The molecular formula is C13H10N2O2. The van der Waals surface area contributed by atoms with Gasteiger partial charge in [0.1, 0.15) is 5.76 Å². The number of aromatic nitrogens is 1. The Labute approximate surface area is 97.0 Å². The number of carbonyl (C=O) groups is 1. The molecule has 0 fully saturated rings. The topological polar surface area (TPSA) is 72.0 Å². The second-order valence-electron chi connectivity index (χ2n) is 3.81. The van der Waals surface area contributed by atoms with Crippen LogP contribution in [0.1, 0.15) is 10.6 Å². The standard InChI is InChI=1S/C13H10N2O2/c14-13(16)12-4-3-11(17-12)9-1-2-10-8(7-9)5-6-15-10/h1-7,15H,(H2,14,16). The highest BCUT2D eigenvalue weighted by Gasteiger charge is 2.09. The number of hydrogen-bond donors (Lipinski definition) is 2. The highest BCUT2D eigenvalue weighted by Crippen LogP contribution is 2.25. The van der Waals surface area contributed by atoms with Gasteiger partial charge in [-0.25, -0.2) is 0 Å². The Balaban J connectivity index is 2.09. The van der Waals surface area contributed by atoms with Crippen LogP contribution in [0.5, 0.6) is 0 Å². The first-order valence-electron chi connectivity index (χ1n) is 5.21. The molecule has 3 rings (SSSR count). The van der Waals surface area contributed by atoms with E-state index in [1.165, 1.54) is 0 Å². The van der Waals surface area contributed by atoms with Gasteiger partial charge in [-0.05, 0) is 36.4 Å². The molecule has 0 spiro atoms. The third-order valence-corrected chi connectivity index (χ3v) is 2.69. The Morgan fingerprint density at radius 3 is 2.82 bits per heavy atom. The van der Waals surface area contributed by atoms with Crippen molar-refractivity contribution >= 4 is 16.8 Å². The van der Waals surface area contributed by atoms with Crippen LogP contribution in [0.15, 0.2) is 47.0 Å². The Morgan fingerprint density at radius 2 is 2.06 bits per heavy atom. The first-order chi connectivity index (χ1) is 8.24. The van der Waals surface area contributed by atoms with Crippen LogP contribution >= 0.6 is 0 Å². The number of amides is 1. The smallest absolute Gasteiger partial charge is 0.284 e. The van der Waals surface area contributed by atoms with Gasteiger partial charge in [-0.2, -0.15) is 0 Å². The summed E-state index contributed by atoms with van der Waals surface area (Å²) < 4.78 is 5.37. The monoisotopic (exact) mass is 226 g/mol. The minimum atomic E-state index is -0.557. The van der Waals surface area contributed by atoms with Crippen LogP contribution in [0.2, 0.25) is 0 Å². The fraction of sp³-hybridized carbons (Fsp3) is 0. The highest BCUT2D eigenvalue weighted by atomic mass is 16.3. The van der Waals surface area contributed by atoms with Crippen molar-refractivity contribution in [1.82, 2.24) is 4.98 Å². The molecule has 4 heteroatoms. The number of nitrogens with two attached hydrogens (primary N) is 1. The van der Waals surface area contributed by atoms with Gasteiger partial charge in [0.25, 0.3) is 5.91 Å². The third kappa shape index (κ3) is 1.59. The van der Waals surface area contributed by atoms with Crippen LogP contribution in [0.3, 0.4) is 0 Å². The van der Waals surface area contributed by atoms with E-state index in [4.69, 9.17) is 10.2 Å². The first kappa shape index (κ1) is 9.72. The summed E-state index contributed by atoms with van der Waals surface area (Å²) in [6.07, 6.45) is 1.88. The van der Waals surface area contributed by atoms with Gasteiger partial charge in [-0.15, -0.1) is 0 Å². The molecule has 2 aromatic heterocycles. The van der Waals surface area contributed by atoms with Gasteiger partial charge in [0.2, 0.25) is 0 Å². The molecule has 3 aromatic rings. The zero-order valence-corrected chi connectivity index (χ0v) is 8.94. The van der Waals surface area contributed by atoms with Crippen LogP contribution in [-0.4, -0.2) is 10.9 Å². The first-order valence-corrected chi connectivity index (χ1v) is 5.21. The maximum Gasteiger partial charge on any atom is 0.284 e. The summed E-state index contributed by atoms with van der Waals surface area (Å²) in [7, 11) is 0. The number of H-pyrrole nitrogens is 1. The summed E-state index contributed by atoms with van der Waals surface area (Å²) in [5, 5.41) is 1.10. The molecule has 0 unspecified atom stereocenters. The minimum absolute atomic E-state index is 0.175. The molecule has 0 atom stereocenters. The van der Waals surface area contributed by atoms with Crippen molar-refractivity contribution in [2.75, 3.05) is 0 Å². The fourth-order valence-corrected chi connectivity index (χ4v) is 1.83. The summed E-state index contributed by atoms with van der Waals surface area (Å²) >= 11 is 0. The molecule has 4 nitrogen and oxygen atoms in total. The van der Waals surface area contributed by atoms with E-state index in [2.05, 4.69) is 4.98 Å². The highest BCUT2D eigenvalue weighted by molar-refractivity contribution is 5.91. The molecule has 3 N–H and O–H groups in total. The number of aromatic amines is 1. The number of benzene rings is 1. The fourth-order valence-electron chi connectivity index (χ4n) is 1.83. The van der Waals surface area contributed by atoms with Gasteiger partial charge in [-0.1, -0.05) is 0 Å². The number of fused-ring (bicyclic) bond motifs is 1. The van der Waals surface area contributed by atoms with Gasteiger partial charge in [0.05, 0.1) is 0 Å². The van der Waals surface area contributed by atoms with Crippen molar-refractivity contribution < 1.29 is 9.21 Å². The van der Waals surface area contributed by atoms with E-state index < -0.39 is 5.91 Å². The molecule has 17 heavy (non-hydrogen) atoms. The Hall–Kier alpha value is -2.49. The number of nitrogens with one attached hydrogen (secondary N) is 1. The lowest BCUT2D eigenvalue weighted by molar-refractivity contribution is 0.0974. The van der Waals surface area contributed by atoms with Gasteiger partial charge in [0.15, 0.2) is 5.76 Å². The van der Waals surface area contributed by atoms with E-state index in [1.807, 2.05) is 30.5 Å². The van der Waals surface area contributed by atoms with Crippen molar-refractivity contribution in [3.63, 3.8) is 0 Å². The molecule has 0 radical (unpaired) electrons. The molecular weight excluding hydrogens is 216 g/mol. The van der Waals surface area contributed by atoms with Crippen molar-refractivity contribution in [1.29, 1.82) is 0 Å². The molecule has 0 bridgehead atoms. The Bertz CT molecular complexity index is 694. The van der Waals surface area contributed by atoms with Crippen molar-refractivity contribution in [2.45, 2.75) is 0 Å². The van der Waals surface area contributed by atoms with Crippen molar-refractivity contribution in [2.24, 2.45) is 5.73 Å². The molecule has 0 aliphatic rings. The lowest BCUT2D eigenvalue weighted by atomic mass is 10.1. The van der Waals surface area contributed by atoms with Crippen LogP contribution < -0.4 is 5.73 Å². The maximum atomic E-state index is 10.9. The van der Waals surface area contributed by atoms with Crippen molar-refractivity contribution in [3.8, 4) is 11.3 Å². The molecule has 1 amide bonds. The summed E-state index contributed by atoms with van der Waals surface area (Å²) in [6, 6.07) is 11.2. The van der Waals surface area contributed by atoms with Gasteiger partial charge >= 0.3 is 0 Å². The van der Waals surface area contributed by atoms with Crippen LogP contribution in [0.25, 0.3) is 22.2 Å². The number of hydrogen-bond acceptors (Lipinski definition) is 2. The van der Waals surface area contributed by atoms with E-state index >= 15 is 0 Å². The predicted octanol–water partition coefficient (Wildman–Crippen LogP) is 2.53. The zero-order valence-electron chi connectivity index (χ0n) is 8.94. The molecule has 2 heterocycles. The number of furan rings is 1. The van der Waals surface area contributed by atoms with E-state index in [-0.39, 0.29) is 5.76 Å². The quantitative estimate of drug-likeness (QED) is 0.704. The number of carbonyl (C=O) groups excluding carboxylic acids is 1. The molecule has 0 saturated carbocycles. The number of rotatable bonds is 2. The Morgan fingerprint density at radius 1 is 1.18 bits per heavy atom. The van der Waals surface area contributed by atoms with E-state index in [0.717, 1.165) is 16.5 Å². The van der Waals surface area contributed by atoms with E-state index in [9.17, 15) is 4.79 Å². The molecule has 0 aliphatic heterocycles. The maximum absolute atomic E-state index is 10.9. The zero-order chi connectivity index (χ0) is 11.8. The van der Waals surface area contributed by atoms with Gasteiger partial charge < -0.3 is 15.1 Å². The lowest BCUT2D eigenvalue weighted by Crippen LogP contribution is -2.09. The minimum Gasteiger partial charge on any atom is -0.451 e. The average Bonchev–Trinajstić information content (AvgIpc) is 2.97. The van der Waals surface area contributed by atoms with Gasteiger partial charge in [-0.3, -0.25) is 4.79 Å². The van der Waals surface area contributed by atoms with Crippen LogP contribution in [0, 0.1) is 0 Å².